The molecule has 8 heteroatoms. The topological polar surface area (TPSA) is 89.1 Å². The van der Waals surface area contributed by atoms with Crippen LogP contribution in [0.2, 0.25) is 0 Å². The van der Waals surface area contributed by atoms with Gasteiger partial charge in [0.1, 0.15) is 0 Å². The summed E-state index contributed by atoms with van der Waals surface area (Å²) in [7, 11) is 1.82. The average Bonchev–Trinajstić information content (AvgIpc) is 3.36. The van der Waals surface area contributed by atoms with Crippen molar-refractivity contribution in [2.24, 2.45) is 7.05 Å². The second-order valence-corrected chi connectivity index (χ2v) is 7.73. The van der Waals surface area contributed by atoms with E-state index in [-0.39, 0.29) is 11.9 Å². The first-order valence-electron chi connectivity index (χ1n) is 9.92. The molecule has 2 atom stereocenters. The molecule has 3 heterocycles. The first kappa shape index (κ1) is 19.3. The van der Waals surface area contributed by atoms with Crippen molar-refractivity contribution in [3.05, 3.63) is 53.7 Å². The molecular weight excluding hydrogens is 368 g/mol. The summed E-state index contributed by atoms with van der Waals surface area (Å²) in [4.78, 5) is 19.1. The van der Waals surface area contributed by atoms with E-state index >= 15 is 0 Å². The van der Waals surface area contributed by atoms with Crippen LogP contribution in [0, 0.1) is 6.92 Å². The molecule has 1 aromatic carbocycles. The molecule has 0 radical (unpaired) electrons. The number of carbonyl (C=O) groups excluding carboxylic acids is 1. The molecule has 3 aromatic rings. The van der Waals surface area contributed by atoms with Gasteiger partial charge in [0.15, 0.2) is 0 Å². The van der Waals surface area contributed by atoms with Crippen LogP contribution in [-0.2, 0) is 13.6 Å². The minimum atomic E-state index is 0.0451. The Morgan fingerprint density at radius 3 is 2.79 bits per heavy atom. The quantitative estimate of drug-likeness (QED) is 0.715. The number of hydrogen-bond donors (Lipinski definition) is 1. The van der Waals surface area contributed by atoms with Gasteiger partial charge < -0.3 is 14.7 Å². The molecule has 1 amide bonds. The number of amides is 1. The van der Waals surface area contributed by atoms with Crippen molar-refractivity contribution in [1.29, 1.82) is 0 Å². The van der Waals surface area contributed by atoms with Crippen molar-refractivity contribution in [1.82, 2.24) is 30.1 Å². The van der Waals surface area contributed by atoms with Gasteiger partial charge in [0.2, 0.25) is 11.7 Å². The lowest BCUT2D eigenvalue weighted by Crippen LogP contribution is -2.49. The monoisotopic (exact) mass is 394 g/mol. The Labute approximate surface area is 169 Å². The summed E-state index contributed by atoms with van der Waals surface area (Å²) in [5.74, 6) is 1.22. The van der Waals surface area contributed by atoms with Crippen LogP contribution >= 0.6 is 0 Å². The summed E-state index contributed by atoms with van der Waals surface area (Å²) in [6, 6.07) is 8.51. The Morgan fingerprint density at radius 1 is 1.31 bits per heavy atom. The largest absolute Gasteiger partial charge is 0.338 e. The molecule has 1 saturated heterocycles. The Hall–Kier alpha value is -3.00. The van der Waals surface area contributed by atoms with Crippen molar-refractivity contribution in [3.63, 3.8) is 0 Å². The molecule has 1 fully saturated rings. The fraction of sp³-hybridized carbons (Fsp3) is 0.429. The van der Waals surface area contributed by atoms with E-state index in [4.69, 9.17) is 4.52 Å². The third-order valence-corrected chi connectivity index (χ3v) is 5.41. The van der Waals surface area contributed by atoms with Crippen molar-refractivity contribution in [3.8, 4) is 11.4 Å². The van der Waals surface area contributed by atoms with E-state index in [9.17, 15) is 4.79 Å². The van der Waals surface area contributed by atoms with Crippen LogP contribution < -0.4 is 5.32 Å². The Balaban J connectivity index is 1.30. The first-order chi connectivity index (χ1) is 14.0. The van der Waals surface area contributed by atoms with Gasteiger partial charge in [-0.05, 0) is 26.7 Å². The number of benzene rings is 1. The number of nitrogens with one attached hydrogen (secondary N) is 1. The van der Waals surface area contributed by atoms with E-state index in [0.29, 0.717) is 36.4 Å². The normalized spacial score (nSPS) is 19.5. The van der Waals surface area contributed by atoms with Crippen LogP contribution in [0.5, 0.6) is 0 Å². The van der Waals surface area contributed by atoms with Gasteiger partial charge in [-0.2, -0.15) is 10.1 Å². The van der Waals surface area contributed by atoms with E-state index in [2.05, 4.69) is 27.5 Å². The van der Waals surface area contributed by atoms with Gasteiger partial charge in [0.05, 0.1) is 18.3 Å². The molecule has 8 nitrogen and oxygen atoms in total. The molecule has 29 heavy (non-hydrogen) atoms. The van der Waals surface area contributed by atoms with Crippen LogP contribution in [0.25, 0.3) is 11.4 Å². The van der Waals surface area contributed by atoms with Gasteiger partial charge >= 0.3 is 0 Å². The molecule has 1 aliphatic rings. The molecular formula is C21H26N6O2. The Kier molecular flexibility index (Phi) is 5.44. The number of likely N-dealkylation sites (tertiary alicyclic amines) is 1. The van der Waals surface area contributed by atoms with Crippen molar-refractivity contribution in [2.75, 3.05) is 6.54 Å². The molecule has 1 N–H and O–H groups in total. The predicted octanol–water partition coefficient (Wildman–Crippen LogP) is 2.56. The molecule has 0 bridgehead atoms. The molecule has 4 rings (SSSR count). The average molecular weight is 394 g/mol. The number of rotatable bonds is 5. The van der Waals surface area contributed by atoms with E-state index in [1.54, 1.807) is 17.1 Å². The van der Waals surface area contributed by atoms with Gasteiger partial charge in [0, 0.05) is 37.4 Å². The highest BCUT2D eigenvalue weighted by atomic mass is 16.5. The zero-order valence-electron chi connectivity index (χ0n) is 17.0. The number of nitrogens with zero attached hydrogens (tertiary/aromatic N) is 5. The molecule has 1 aliphatic heterocycles. The van der Waals surface area contributed by atoms with E-state index in [0.717, 1.165) is 18.4 Å². The Morgan fingerprint density at radius 2 is 2.10 bits per heavy atom. The van der Waals surface area contributed by atoms with Crippen LogP contribution in [0.1, 0.15) is 41.6 Å². The standard InChI is InChI=1S/C21H26N6O2/c1-14-4-6-16(7-5-14)20-24-19(29-25-20)12-22-18-8-9-27(15(2)10-18)21(28)17-11-23-26(3)13-17/h4-7,11,13,15,18,22H,8-10,12H2,1-3H3. The summed E-state index contributed by atoms with van der Waals surface area (Å²) < 4.78 is 7.04. The second-order valence-electron chi connectivity index (χ2n) is 7.73. The summed E-state index contributed by atoms with van der Waals surface area (Å²) >= 11 is 0. The highest BCUT2D eigenvalue weighted by Gasteiger charge is 2.30. The highest BCUT2D eigenvalue weighted by Crippen LogP contribution is 2.21. The lowest BCUT2D eigenvalue weighted by Gasteiger charge is -2.37. The van der Waals surface area contributed by atoms with Crippen molar-refractivity contribution >= 4 is 5.91 Å². The summed E-state index contributed by atoms with van der Waals surface area (Å²) in [5.41, 5.74) is 2.78. The molecule has 0 saturated carbocycles. The van der Waals surface area contributed by atoms with E-state index < -0.39 is 0 Å². The van der Waals surface area contributed by atoms with Crippen LogP contribution in [0.3, 0.4) is 0 Å². The van der Waals surface area contributed by atoms with Gasteiger partial charge in [-0.1, -0.05) is 35.0 Å². The summed E-state index contributed by atoms with van der Waals surface area (Å²) in [6.45, 7) is 5.37. The molecule has 152 valence electrons. The maximum Gasteiger partial charge on any atom is 0.257 e. The lowest BCUT2D eigenvalue weighted by molar-refractivity contribution is 0.0600. The number of aryl methyl sites for hydroxylation is 2. The zero-order valence-corrected chi connectivity index (χ0v) is 17.0. The van der Waals surface area contributed by atoms with Gasteiger partial charge in [-0.3, -0.25) is 9.48 Å². The van der Waals surface area contributed by atoms with Crippen LogP contribution in [0.15, 0.2) is 41.2 Å². The summed E-state index contributed by atoms with van der Waals surface area (Å²) in [6.07, 6.45) is 5.15. The Bertz CT molecular complexity index is 977. The predicted molar refractivity (Wildman–Crippen MR) is 108 cm³/mol. The highest BCUT2D eigenvalue weighted by molar-refractivity contribution is 5.94. The fourth-order valence-electron chi connectivity index (χ4n) is 3.73. The number of hydrogen-bond acceptors (Lipinski definition) is 6. The van der Waals surface area contributed by atoms with Gasteiger partial charge in [0.25, 0.3) is 5.91 Å². The summed E-state index contributed by atoms with van der Waals surface area (Å²) in [5, 5.41) is 11.7. The van der Waals surface area contributed by atoms with E-state index in [1.807, 2.05) is 43.1 Å². The van der Waals surface area contributed by atoms with Crippen molar-refractivity contribution in [2.45, 2.75) is 45.3 Å². The third-order valence-electron chi connectivity index (χ3n) is 5.41. The fourth-order valence-corrected chi connectivity index (χ4v) is 3.73. The van der Waals surface area contributed by atoms with E-state index in [1.165, 1.54) is 5.56 Å². The second kappa shape index (κ2) is 8.16. The maximum atomic E-state index is 12.7. The van der Waals surface area contributed by atoms with Crippen LogP contribution in [-0.4, -0.2) is 49.4 Å². The molecule has 2 unspecified atom stereocenters. The minimum absolute atomic E-state index is 0.0451. The SMILES string of the molecule is Cc1ccc(-c2noc(CNC3CCN(C(=O)c4cnn(C)c4)C(C)C3)n2)cc1. The van der Waals surface area contributed by atoms with Crippen LogP contribution in [0.4, 0.5) is 0 Å². The number of carbonyl (C=O) groups is 1. The smallest absolute Gasteiger partial charge is 0.257 e. The van der Waals surface area contributed by atoms with Gasteiger partial charge in [-0.15, -0.1) is 0 Å². The number of piperidine rings is 1. The molecule has 0 aliphatic carbocycles. The van der Waals surface area contributed by atoms with Gasteiger partial charge in [-0.25, -0.2) is 0 Å². The zero-order chi connectivity index (χ0) is 20.4. The van der Waals surface area contributed by atoms with Crippen molar-refractivity contribution < 1.29 is 9.32 Å². The molecule has 0 spiro atoms. The minimum Gasteiger partial charge on any atom is -0.338 e. The lowest BCUT2D eigenvalue weighted by atomic mass is 9.97. The third kappa shape index (κ3) is 4.37. The number of aromatic nitrogens is 4. The first-order valence-corrected chi connectivity index (χ1v) is 9.92. The molecule has 2 aromatic heterocycles. The maximum absolute atomic E-state index is 12.7.